The Labute approximate surface area is 106 Å². The lowest BCUT2D eigenvalue weighted by Gasteiger charge is -2.27. The van der Waals surface area contributed by atoms with Crippen LogP contribution in [0, 0.1) is 0 Å². The van der Waals surface area contributed by atoms with Crippen molar-refractivity contribution >= 4 is 5.57 Å². The van der Waals surface area contributed by atoms with Gasteiger partial charge in [0.1, 0.15) is 5.75 Å². The Balaban J connectivity index is 1.83. The van der Waals surface area contributed by atoms with E-state index in [1.165, 1.54) is 0 Å². The van der Waals surface area contributed by atoms with Crippen molar-refractivity contribution in [1.82, 2.24) is 0 Å². The lowest BCUT2D eigenvalue weighted by atomic mass is 9.99. The normalized spacial score (nSPS) is 18.2. The molecule has 0 unspecified atom stereocenters. The molecule has 1 aliphatic rings. The highest BCUT2D eigenvalue weighted by atomic mass is 16.7. The lowest BCUT2D eigenvalue weighted by molar-refractivity contribution is -0.0534. The third-order valence-corrected chi connectivity index (χ3v) is 3.02. The van der Waals surface area contributed by atoms with Gasteiger partial charge in [0.15, 0.2) is 0 Å². The highest BCUT2D eigenvalue weighted by molar-refractivity contribution is 5.69. The summed E-state index contributed by atoms with van der Waals surface area (Å²) in [6.45, 7) is 4.65. The second kappa shape index (κ2) is 4.67. The SMILES string of the molecule is C=C1c2ccccc2CO[C@H]1Oc1ccccc1. The summed E-state index contributed by atoms with van der Waals surface area (Å²) in [6, 6.07) is 17.8. The van der Waals surface area contributed by atoms with E-state index in [-0.39, 0.29) is 0 Å². The molecule has 90 valence electrons. The molecule has 0 N–H and O–H groups in total. The molecule has 3 rings (SSSR count). The predicted octanol–water partition coefficient (Wildman–Crippen LogP) is 3.64. The van der Waals surface area contributed by atoms with Crippen molar-refractivity contribution in [2.45, 2.75) is 12.9 Å². The maximum Gasteiger partial charge on any atom is 0.227 e. The molecule has 2 aromatic rings. The molecule has 18 heavy (non-hydrogen) atoms. The van der Waals surface area contributed by atoms with E-state index in [0.29, 0.717) is 6.61 Å². The van der Waals surface area contributed by atoms with E-state index in [1.54, 1.807) is 0 Å². The van der Waals surface area contributed by atoms with Gasteiger partial charge in [0.2, 0.25) is 6.29 Å². The smallest absolute Gasteiger partial charge is 0.227 e. The molecule has 0 aliphatic carbocycles. The summed E-state index contributed by atoms with van der Waals surface area (Å²) in [6.07, 6.45) is -0.401. The third kappa shape index (κ3) is 2.03. The van der Waals surface area contributed by atoms with Gasteiger partial charge >= 0.3 is 0 Å². The molecular formula is C16H14O2. The maximum atomic E-state index is 5.80. The van der Waals surface area contributed by atoms with Crippen LogP contribution >= 0.6 is 0 Å². The van der Waals surface area contributed by atoms with Crippen LogP contribution in [0.15, 0.2) is 61.2 Å². The Morgan fingerprint density at radius 2 is 1.72 bits per heavy atom. The van der Waals surface area contributed by atoms with Crippen molar-refractivity contribution < 1.29 is 9.47 Å². The van der Waals surface area contributed by atoms with Crippen molar-refractivity contribution in [1.29, 1.82) is 0 Å². The fraction of sp³-hybridized carbons (Fsp3) is 0.125. The zero-order valence-electron chi connectivity index (χ0n) is 10.0. The Morgan fingerprint density at radius 1 is 1.00 bits per heavy atom. The topological polar surface area (TPSA) is 18.5 Å². The van der Waals surface area contributed by atoms with Crippen LogP contribution in [0.1, 0.15) is 11.1 Å². The number of hydrogen-bond acceptors (Lipinski definition) is 2. The predicted molar refractivity (Wildman–Crippen MR) is 71.1 cm³/mol. The molecule has 2 aromatic carbocycles. The Bertz CT molecular complexity index is 560. The summed E-state index contributed by atoms with van der Waals surface area (Å²) in [5.41, 5.74) is 3.17. The van der Waals surface area contributed by atoms with E-state index >= 15 is 0 Å². The van der Waals surface area contributed by atoms with E-state index in [4.69, 9.17) is 9.47 Å². The number of rotatable bonds is 2. The molecule has 0 aromatic heterocycles. The van der Waals surface area contributed by atoms with Gasteiger partial charge in [-0.15, -0.1) is 0 Å². The first kappa shape index (κ1) is 11.1. The largest absolute Gasteiger partial charge is 0.461 e. The minimum Gasteiger partial charge on any atom is -0.461 e. The molecule has 0 fully saturated rings. The molecule has 1 atom stereocenters. The third-order valence-electron chi connectivity index (χ3n) is 3.02. The molecule has 1 heterocycles. The first-order valence-corrected chi connectivity index (χ1v) is 5.95. The molecule has 0 spiro atoms. The lowest BCUT2D eigenvalue weighted by Crippen LogP contribution is -2.26. The second-order valence-electron chi connectivity index (χ2n) is 4.26. The van der Waals surface area contributed by atoms with Gasteiger partial charge in [-0.25, -0.2) is 0 Å². The summed E-state index contributed by atoms with van der Waals surface area (Å²) >= 11 is 0. The van der Waals surface area contributed by atoms with Crippen molar-refractivity contribution in [3.63, 3.8) is 0 Å². The van der Waals surface area contributed by atoms with E-state index in [1.807, 2.05) is 42.5 Å². The molecule has 1 aliphatic heterocycles. The standard InChI is InChI=1S/C16H14O2/c1-12-15-10-6-5-7-13(15)11-17-16(12)18-14-8-3-2-4-9-14/h2-10,16H,1,11H2/t16-/m0/s1. The van der Waals surface area contributed by atoms with Crippen LogP contribution in [0.2, 0.25) is 0 Å². The number of para-hydroxylation sites is 1. The monoisotopic (exact) mass is 238 g/mol. The van der Waals surface area contributed by atoms with Crippen LogP contribution in [-0.2, 0) is 11.3 Å². The van der Waals surface area contributed by atoms with Gasteiger partial charge in [-0.3, -0.25) is 0 Å². The summed E-state index contributed by atoms with van der Waals surface area (Å²) < 4.78 is 11.5. The first-order valence-electron chi connectivity index (χ1n) is 5.95. The molecule has 2 heteroatoms. The van der Waals surface area contributed by atoms with Gasteiger partial charge in [-0.1, -0.05) is 49.0 Å². The Morgan fingerprint density at radius 3 is 2.56 bits per heavy atom. The molecule has 2 nitrogen and oxygen atoms in total. The Kier molecular flexibility index (Phi) is 2.87. The van der Waals surface area contributed by atoms with Gasteiger partial charge in [0.05, 0.1) is 6.61 Å². The zero-order valence-corrected chi connectivity index (χ0v) is 10.0. The van der Waals surface area contributed by atoms with Crippen molar-refractivity contribution in [2.24, 2.45) is 0 Å². The number of benzene rings is 2. The van der Waals surface area contributed by atoms with Crippen molar-refractivity contribution in [3.8, 4) is 5.75 Å². The van der Waals surface area contributed by atoms with Gasteiger partial charge in [-0.05, 0) is 23.3 Å². The number of hydrogen-bond donors (Lipinski definition) is 0. The quantitative estimate of drug-likeness (QED) is 0.795. The maximum absolute atomic E-state index is 5.80. The average molecular weight is 238 g/mol. The molecule has 0 bridgehead atoms. The summed E-state index contributed by atoms with van der Waals surface area (Å²) in [5.74, 6) is 0.794. The van der Waals surface area contributed by atoms with Crippen LogP contribution in [0.5, 0.6) is 5.75 Å². The molecule has 0 saturated heterocycles. The number of fused-ring (bicyclic) bond motifs is 1. The van der Waals surface area contributed by atoms with Crippen LogP contribution in [-0.4, -0.2) is 6.29 Å². The molecular weight excluding hydrogens is 224 g/mol. The fourth-order valence-electron chi connectivity index (χ4n) is 2.08. The minimum atomic E-state index is -0.401. The summed E-state index contributed by atoms with van der Waals surface area (Å²) in [5, 5.41) is 0. The summed E-state index contributed by atoms with van der Waals surface area (Å²) in [7, 11) is 0. The molecule has 0 amide bonds. The Hall–Kier alpha value is -2.06. The van der Waals surface area contributed by atoms with Crippen LogP contribution in [0.3, 0.4) is 0 Å². The molecule has 0 saturated carbocycles. The van der Waals surface area contributed by atoms with Crippen molar-refractivity contribution in [3.05, 3.63) is 72.3 Å². The van der Waals surface area contributed by atoms with E-state index < -0.39 is 6.29 Å². The fourth-order valence-corrected chi connectivity index (χ4v) is 2.08. The van der Waals surface area contributed by atoms with E-state index in [0.717, 1.165) is 22.4 Å². The van der Waals surface area contributed by atoms with Gasteiger partial charge in [0.25, 0.3) is 0 Å². The summed E-state index contributed by atoms with van der Waals surface area (Å²) in [4.78, 5) is 0. The first-order chi connectivity index (χ1) is 8.84. The van der Waals surface area contributed by atoms with Gasteiger partial charge in [-0.2, -0.15) is 0 Å². The van der Waals surface area contributed by atoms with Gasteiger partial charge in [0, 0.05) is 5.57 Å². The van der Waals surface area contributed by atoms with Gasteiger partial charge < -0.3 is 9.47 Å². The molecule has 0 radical (unpaired) electrons. The number of ether oxygens (including phenoxy) is 2. The van der Waals surface area contributed by atoms with Crippen LogP contribution < -0.4 is 4.74 Å². The average Bonchev–Trinajstić information content (AvgIpc) is 2.43. The zero-order chi connectivity index (χ0) is 12.4. The highest BCUT2D eigenvalue weighted by Gasteiger charge is 2.24. The van der Waals surface area contributed by atoms with Crippen molar-refractivity contribution in [2.75, 3.05) is 0 Å². The van der Waals surface area contributed by atoms with Crippen LogP contribution in [0.4, 0.5) is 0 Å². The van der Waals surface area contributed by atoms with Crippen LogP contribution in [0.25, 0.3) is 5.57 Å². The van der Waals surface area contributed by atoms with E-state index in [2.05, 4.69) is 18.7 Å². The van der Waals surface area contributed by atoms with E-state index in [9.17, 15) is 0 Å². The second-order valence-corrected chi connectivity index (χ2v) is 4.26. The minimum absolute atomic E-state index is 0.401. The highest BCUT2D eigenvalue weighted by Crippen LogP contribution is 2.30.